The van der Waals surface area contributed by atoms with E-state index in [2.05, 4.69) is 6.08 Å². The SMILES string of the molecule is O=CN1CCC=CS1. The van der Waals surface area contributed by atoms with E-state index in [4.69, 9.17) is 0 Å². The molecule has 2 nitrogen and oxygen atoms in total. The molecule has 0 saturated carbocycles. The minimum atomic E-state index is 0.852. The Labute approximate surface area is 52.7 Å². The summed E-state index contributed by atoms with van der Waals surface area (Å²) in [6, 6.07) is 0. The molecule has 0 fully saturated rings. The molecule has 0 N–H and O–H groups in total. The number of carbonyl (C=O) groups is 1. The maximum Gasteiger partial charge on any atom is 0.219 e. The van der Waals surface area contributed by atoms with Gasteiger partial charge in [-0.3, -0.25) is 9.10 Å². The van der Waals surface area contributed by atoms with Crippen molar-refractivity contribution in [3.05, 3.63) is 11.5 Å². The molecule has 1 aliphatic heterocycles. The third-order valence-electron chi connectivity index (χ3n) is 0.926. The predicted molar refractivity (Wildman–Crippen MR) is 34.1 cm³/mol. The van der Waals surface area contributed by atoms with Gasteiger partial charge in [0.25, 0.3) is 0 Å². The second-order valence-corrected chi connectivity index (χ2v) is 2.46. The molecule has 0 spiro atoms. The molecule has 0 aliphatic carbocycles. The highest BCUT2D eigenvalue weighted by Gasteiger charge is 2.00. The fourth-order valence-electron chi connectivity index (χ4n) is 0.521. The topological polar surface area (TPSA) is 20.3 Å². The van der Waals surface area contributed by atoms with Crippen LogP contribution >= 0.6 is 11.9 Å². The van der Waals surface area contributed by atoms with Gasteiger partial charge in [-0.1, -0.05) is 6.08 Å². The van der Waals surface area contributed by atoms with Gasteiger partial charge < -0.3 is 0 Å². The molecule has 1 heterocycles. The molecule has 0 radical (unpaired) electrons. The summed E-state index contributed by atoms with van der Waals surface area (Å²) in [7, 11) is 0. The first kappa shape index (κ1) is 5.69. The van der Waals surface area contributed by atoms with Crippen LogP contribution in [0.15, 0.2) is 11.5 Å². The van der Waals surface area contributed by atoms with Gasteiger partial charge in [0, 0.05) is 6.54 Å². The van der Waals surface area contributed by atoms with Crippen LogP contribution in [0.5, 0.6) is 0 Å². The van der Waals surface area contributed by atoms with Gasteiger partial charge in [0.05, 0.1) is 0 Å². The third-order valence-corrected chi connectivity index (χ3v) is 1.78. The first-order valence-corrected chi connectivity index (χ1v) is 3.31. The summed E-state index contributed by atoms with van der Waals surface area (Å²) in [5, 5.41) is 1.93. The van der Waals surface area contributed by atoms with Crippen molar-refractivity contribution in [2.75, 3.05) is 6.54 Å². The molecular formula is C5H7NOS. The molecule has 3 heteroatoms. The van der Waals surface area contributed by atoms with E-state index in [1.807, 2.05) is 5.41 Å². The largest absolute Gasteiger partial charge is 0.285 e. The fourth-order valence-corrected chi connectivity index (χ4v) is 1.16. The standard InChI is InChI=1S/C5H7NOS/c7-5-6-3-1-2-4-8-6/h2,4-5H,1,3H2. The van der Waals surface area contributed by atoms with Crippen LogP contribution in [0.2, 0.25) is 0 Å². The number of hydrogen-bond donors (Lipinski definition) is 0. The Balaban J connectivity index is 2.37. The molecule has 0 unspecified atom stereocenters. The average molecular weight is 129 g/mol. The van der Waals surface area contributed by atoms with Gasteiger partial charge in [0.1, 0.15) is 0 Å². The maximum atomic E-state index is 10.0. The summed E-state index contributed by atoms with van der Waals surface area (Å²) in [4.78, 5) is 10.0. The second kappa shape index (κ2) is 2.77. The normalized spacial score (nSPS) is 18.8. The number of nitrogens with zero attached hydrogens (tertiary/aromatic N) is 1. The zero-order valence-electron chi connectivity index (χ0n) is 4.41. The van der Waals surface area contributed by atoms with Crippen LogP contribution in [0.3, 0.4) is 0 Å². The lowest BCUT2D eigenvalue weighted by Gasteiger charge is -2.14. The number of carbonyl (C=O) groups excluding carboxylic acids is 1. The van der Waals surface area contributed by atoms with Crippen molar-refractivity contribution in [1.82, 2.24) is 4.31 Å². The van der Waals surface area contributed by atoms with E-state index in [1.54, 1.807) is 4.31 Å². The molecule has 0 aromatic rings. The molecule has 0 aromatic carbocycles. The van der Waals surface area contributed by atoms with Crippen molar-refractivity contribution in [3.63, 3.8) is 0 Å². The minimum Gasteiger partial charge on any atom is -0.285 e. The molecule has 0 aromatic heterocycles. The van der Waals surface area contributed by atoms with Gasteiger partial charge in [-0.25, -0.2) is 0 Å². The van der Waals surface area contributed by atoms with Crippen LogP contribution in [0.1, 0.15) is 6.42 Å². The molecule has 1 rings (SSSR count). The van der Waals surface area contributed by atoms with Gasteiger partial charge in [-0.05, 0) is 23.8 Å². The molecule has 0 bridgehead atoms. The molecular weight excluding hydrogens is 122 g/mol. The van der Waals surface area contributed by atoms with Crippen molar-refractivity contribution in [1.29, 1.82) is 0 Å². The third kappa shape index (κ3) is 1.26. The average Bonchev–Trinajstić information content (AvgIpc) is 1.90. The van der Waals surface area contributed by atoms with Gasteiger partial charge in [0.15, 0.2) is 0 Å². The summed E-state index contributed by atoms with van der Waals surface area (Å²) in [5.74, 6) is 0. The summed E-state index contributed by atoms with van der Waals surface area (Å²) in [6.45, 7) is 0.852. The molecule has 0 atom stereocenters. The van der Waals surface area contributed by atoms with E-state index in [9.17, 15) is 4.79 Å². The van der Waals surface area contributed by atoms with Crippen molar-refractivity contribution in [2.45, 2.75) is 6.42 Å². The van der Waals surface area contributed by atoms with Crippen molar-refractivity contribution in [2.24, 2.45) is 0 Å². The quantitative estimate of drug-likeness (QED) is 0.389. The summed E-state index contributed by atoms with van der Waals surface area (Å²) in [5.41, 5.74) is 0. The van der Waals surface area contributed by atoms with E-state index in [1.165, 1.54) is 11.9 Å². The van der Waals surface area contributed by atoms with E-state index in [0.29, 0.717) is 0 Å². The zero-order chi connectivity index (χ0) is 5.82. The van der Waals surface area contributed by atoms with E-state index >= 15 is 0 Å². The molecule has 0 saturated heterocycles. The predicted octanol–water partition coefficient (Wildman–Crippen LogP) is 1.01. The van der Waals surface area contributed by atoms with Gasteiger partial charge in [0.2, 0.25) is 6.41 Å². The fraction of sp³-hybridized carbons (Fsp3) is 0.400. The van der Waals surface area contributed by atoms with Crippen LogP contribution in [0.4, 0.5) is 0 Å². The van der Waals surface area contributed by atoms with E-state index < -0.39 is 0 Å². The maximum absolute atomic E-state index is 10.0. The number of amides is 1. The summed E-state index contributed by atoms with van der Waals surface area (Å²) in [6.07, 6.45) is 3.91. The second-order valence-electron chi connectivity index (χ2n) is 1.51. The monoisotopic (exact) mass is 129 g/mol. The number of rotatable bonds is 1. The van der Waals surface area contributed by atoms with Crippen molar-refractivity contribution < 1.29 is 4.79 Å². The lowest BCUT2D eigenvalue weighted by atomic mass is 10.4. The molecule has 1 aliphatic rings. The Morgan fingerprint density at radius 2 is 2.62 bits per heavy atom. The zero-order valence-corrected chi connectivity index (χ0v) is 5.23. The minimum absolute atomic E-state index is 0.852. The van der Waals surface area contributed by atoms with Crippen LogP contribution in [-0.4, -0.2) is 17.3 Å². The lowest BCUT2D eigenvalue weighted by Crippen LogP contribution is -2.14. The highest BCUT2D eigenvalue weighted by atomic mass is 32.2. The Hall–Kier alpha value is -0.440. The van der Waals surface area contributed by atoms with Crippen LogP contribution < -0.4 is 0 Å². The smallest absolute Gasteiger partial charge is 0.219 e. The molecule has 44 valence electrons. The van der Waals surface area contributed by atoms with Crippen molar-refractivity contribution in [3.8, 4) is 0 Å². The molecule has 1 amide bonds. The lowest BCUT2D eigenvalue weighted by molar-refractivity contribution is -0.113. The van der Waals surface area contributed by atoms with E-state index in [0.717, 1.165) is 19.4 Å². The van der Waals surface area contributed by atoms with Gasteiger partial charge in [-0.15, -0.1) is 0 Å². The summed E-state index contributed by atoms with van der Waals surface area (Å²) < 4.78 is 1.67. The van der Waals surface area contributed by atoms with Crippen LogP contribution in [0.25, 0.3) is 0 Å². The highest BCUT2D eigenvalue weighted by molar-refractivity contribution is 8.00. The van der Waals surface area contributed by atoms with Crippen LogP contribution in [0, 0.1) is 0 Å². The Bertz CT molecular complexity index is 113. The Kier molecular flexibility index (Phi) is 1.97. The Morgan fingerprint density at radius 1 is 1.75 bits per heavy atom. The van der Waals surface area contributed by atoms with Crippen LogP contribution in [-0.2, 0) is 4.79 Å². The first-order chi connectivity index (χ1) is 3.93. The van der Waals surface area contributed by atoms with Gasteiger partial charge in [-0.2, -0.15) is 0 Å². The van der Waals surface area contributed by atoms with Crippen molar-refractivity contribution >= 4 is 18.4 Å². The first-order valence-electron chi connectivity index (χ1n) is 2.47. The van der Waals surface area contributed by atoms with E-state index in [-0.39, 0.29) is 0 Å². The summed E-state index contributed by atoms with van der Waals surface area (Å²) >= 11 is 1.45. The highest BCUT2D eigenvalue weighted by Crippen LogP contribution is 2.14. The Morgan fingerprint density at radius 3 is 3.00 bits per heavy atom. The number of hydrogen-bond acceptors (Lipinski definition) is 2. The van der Waals surface area contributed by atoms with Gasteiger partial charge >= 0.3 is 0 Å². The molecule has 8 heavy (non-hydrogen) atoms.